The Labute approximate surface area is 292 Å². The predicted octanol–water partition coefficient (Wildman–Crippen LogP) is 7.91. The van der Waals surface area contributed by atoms with Crippen LogP contribution in [0.1, 0.15) is 21.5 Å². The fraction of sp³-hybridized carbons (Fsp3) is 0.154. The number of carbonyl (C=O) groups excluding carboxylic acids is 1. The maximum atomic E-state index is 13.3. The number of hydrogen-bond acceptors (Lipinski definition) is 6. The van der Waals surface area contributed by atoms with Crippen LogP contribution in [-0.4, -0.2) is 46.3 Å². The lowest BCUT2D eigenvalue weighted by atomic mass is 10.1. The maximum Gasteiger partial charge on any atom is 0.328 e. The van der Waals surface area contributed by atoms with Gasteiger partial charge >= 0.3 is 5.97 Å². The molecule has 1 aromatic heterocycles. The van der Waals surface area contributed by atoms with Crippen molar-refractivity contribution < 1.29 is 28.9 Å². The largest absolute Gasteiger partial charge is 0.497 e. The highest BCUT2D eigenvalue weighted by molar-refractivity contribution is 9.10. The molecule has 0 aliphatic rings. The van der Waals surface area contributed by atoms with Crippen molar-refractivity contribution in [3.63, 3.8) is 0 Å². The summed E-state index contributed by atoms with van der Waals surface area (Å²) in [6.45, 7) is 0.684. The first kappa shape index (κ1) is 33.5. The Morgan fingerprint density at radius 2 is 1.59 bits per heavy atom. The van der Waals surface area contributed by atoms with Crippen molar-refractivity contribution in [3.8, 4) is 28.6 Å². The predicted molar refractivity (Wildman–Crippen MR) is 191 cm³/mol. The molecular formula is C39H34BrN3O6. The number of aromatic nitrogens is 2. The second kappa shape index (κ2) is 15.6. The monoisotopic (exact) mass is 719 g/mol. The smallest absolute Gasteiger partial charge is 0.328 e. The molecule has 0 aliphatic heterocycles. The lowest BCUT2D eigenvalue weighted by molar-refractivity contribution is -0.141. The molecule has 248 valence electrons. The van der Waals surface area contributed by atoms with E-state index >= 15 is 0 Å². The van der Waals surface area contributed by atoms with Crippen LogP contribution in [-0.2, 0) is 29.1 Å². The minimum atomic E-state index is -1.22. The van der Waals surface area contributed by atoms with E-state index in [1.165, 1.54) is 0 Å². The van der Waals surface area contributed by atoms with Gasteiger partial charge in [0.1, 0.15) is 23.1 Å². The molecule has 2 N–H and O–H groups in total. The molecule has 5 aromatic carbocycles. The normalized spacial score (nSPS) is 11.6. The Hall–Kier alpha value is -5.45. The van der Waals surface area contributed by atoms with Crippen LogP contribution >= 0.6 is 15.9 Å². The second-order valence-electron chi connectivity index (χ2n) is 11.3. The van der Waals surface area contributed by atoms with E-state index in [-0.39, 0.29) is 13.2 Å². The molecule has 1 heterocycles. The number of methoxy groups -OCH3 is 1. The van der Waals surface area contributed by atoms with Crippen molar-refractivity contribution in [3.05, 3.63) is 142 Å². The number of aliphatic carboxylic acids is 1. The lowest BCUT2D eigenvalue weighted by Crippen LogP contribution is -2.44. The number of halogens is 1. The number of ether oxygens (including phenoxy) is 3. The van der Waals surface area contributed by atoms with Gasteiger partial charge in [0.05, 0.1) is 31.4 Å². The lowest BCUT2D eigenvalue weighted by Gasteiger charge is -2.15. The SMILES string of the molecule is COc1ccc(Oc2cccc(-c3nc4cc(C(=O)N[C@@H](COCc5ccccc5)C(=O)O)ccc4n3CCc3ccc(Br)cc3)c2)cc1. The molecule has 0 aliphatic carbocycles. The summed E-state index contributed by atoms with van der Waals surface area (Å²) in [6.07, 6.45) is 0.749. The minimum absolute atomic E-state index is 0.179. The van der Waals surface area contributed by atoms with Gasteiger partial charge < -0.3 is 29.2 Å². The molecule has 49 heavy (non-hydrogen) atoms. The van der Waals surface area contributed by atoms with Crippen LogP contribution in [0.2, 0.25) is 0 Å². The first-order valence-corrected chi connectivity index (χ1v) is 16.5. The fourth-order valence-electron chi connectivity index (χ4n) is 5.37. The molecule has 6 rings (SSSR count). The molecule has 0 saturated heterocycles. The van der Waals surface area contributed by atoms with Crippen LogP contribution in [0.25, 0.3) is 22.4 Å². The maximum absolute atomic E-state index is 13.3. The van der Waals surface area contributed by atoms with E-state index in [2.05, 4.69) is 37.9 Å². The summed E-state index contributed by atoms with van der Waals surface area (Å²) in [7, 11) is 1.62. The van der Waals surface area contributed by atoms with E-state index in [0.29, 0.717) is 34.9 Å². The third kappa shape index (κ3) is 8.53. The second-order valence-corrected chi connectivity index (χ2v) is 12.3. The number of nitrogens with zero attached hydrogens (tertiary/aromatic N) is 2. The van der Waals surface area contributed by atoms with Crippen molar-refractivity contribution in [1.29, 1.82) is 0 Å². The zero-order valence-corrected chi connectivity index (χ0v) is 28.3. The Kier molecular flexibility index (Phi) is 10.7. The topological polar surface area (TPSA) is 112 Å². The van der Waals surface area contributed by atoms with Crippen LogP contribution in [0.15, 0.2) is 126 Å². The number of imidazole rings is 1. The van der Waals surface area contributed by atoms with E-state index in [0.717, 1.165) is 38.9 Å². The van der Waals surface area contributed by atoms with Gasteiger partial charge in [0, 0.05) is 22.1 Å². The number of aryl methyl sites for hydroxylation is 2. The molecule has 0 bridgehead atoms. The molecule has 1 atom stereocenters. The van der Waals surface area contributed by atoms with E-state index in [1.807, 2.05) is 97.1 Å². The van der Waals surface area contributed by atoms with Crippen molar-refractivity contribution in [2.75, 3.05) is 13.7 Å². The van der Waals surface area contributed by atoms with Gasteiger partial charge in [0.15, 0.2) is 6.04 Å². The summed E-state index contributed by atoms with van der Waals surface area (Å²) in [4.78, 5) is 30.3. The van der Waals surface area contributed by atoms with Crippen LogP contribution in [0.5, 0.6) is 17.2 Å². The zero-order valence-electron chi connectivity index (χ0n) is 26.7. The van der Waals surface area contributed by atoms with E-state index in [9.17, 15) is 14.7 Å². The first-order chi connectivity index (χ1) is 23.9. The molecule has 9 nitrogen and oxygen atoms in total. The molecule has 0 spiro atoms. The van der Waals surface area contributed by atoms with Gasteiger partial charge in [0.2, 0.25) is 0 Å². The Morgan fingerprint density at radius 3 is 2.33 bits per heavy atom. The summed E-state index contributed by atoms with van der Waals surface area (Å²) in [6, 6.07) is 36.7. The van der Waals surface area contributed by atoms with Crippen molar-refractivity contribution in [2.24, 2.45) is 0 Å². The van der Waals surface area contributed by atoms with Crippen LogP contribution in [0, 0.1) is 0 Å². The molecule has 10 heteroatoms. The number of fused-ring (bicyclic) bond motifs is 1. The summed E-state index contributed by atoms with van der Waals surface area (Å²) < 4.78 is 20.2. The number of nitrogens with one attached hydrogen (secondary N) is 1. The van der Waals surface area contributed by atoms with E-state index in [4.69, 9.17) is 19.2 Å². The fourth-order valence-corrected chi connectivity index (χ4v) is 5.64. The van der Waals surface area contributed by atoms with Crippen LogP contribution in [0.4, 0.5) is 0 Å². The van der Waals surface area contributed by atoms with Gasteiger partial charge in [-0.15, -0.1) is 0 Å². The number of benzene rings is 5. The molecule has 6 aromatic rings. The van der Waals surface area contributed by atoms with Gasteiger partial charge in [-0.05, 0) is 84.3 Å². The van der Waals surface area contributed by atoms with Crippen molar-refractivity contribution >= 4 is 38.8 Å². The van der Waals surface area contributed by atoms with Crippen LogP contribution < -0.4 is 14.8 Å². The molecule has 1 amide bonds. The van der Waals surface area contributed by atoms with Gasteiger partial charge in [-0.3, -0.25) is 4.79 Å². The number of carboxylic acids is 1. The Bertz CT molecular complexity index is 2050. The quantitative estimate of drug-likeness (QED) is 0.118. The number of carbonyl (C=O) groups is 2. The Morgan fingerprint density at radius 1 is 0.837 bits per heavy atom. The summed E-state index contributed by atoms with van der Waals surface area (Å²) >= 11 is 3.50. The van der Waals surface area contributed by atoms with E-state index < -0.39 is 17.9 Å². The van der Waals surface area contributed by atoms with Gasteiger partial charge in [0.25, 0.3) is 5.91 Å². The molecule has 0 fully saturated rings. The van der Waals surface area contributed by atoms with Gasteiger partial charge in [-0.1, -0.05) is 70.5 Å². The average molecular weight is 721 g/mol. The zero-order chi connectivity index (χ0) is 34.2. The van der Waals surface area contributed by atoms with Gasteiger partial charge in [-0.2, -0.15) is 0 Å². The average Bonchev–Trinajstić information content (AvgIpc) is 3.49. The molecular weight excluding hydrogens is 686 g/mol. The number of rotatable bonds is 14. The van der Waals surface area contributed by atoms with E-state index in [1.54, 1.807) is 19.2 Å². The standard InChI is InChI=1S/C39H34BrN3O6/c1-47-31-15-17-32(18-16-31)49-33-9-5-8-28(22-33)37-41-34-23-29(12-19-36(34)43(37)21-20-26-10-13-30(40)14-11-26)38(44)42-35(39(45)46)25-48-24-27-6-3-2-4-7-27/h2-19,22-23,35H,20-21,24-25H2,1H3,(H,42,44)(H,45,46)/t35-/m0/s1. The molecule has 0 radical (unpaired) electrons. The number of hydrogen-bond donors (Lipinski definition) is 2. The Balaban J connectivity index is 1.26. The van der Waals surface area contributed by atoms with Crippen molar-refractivity contribution in [1.82, 2.24) is 14.9 Å². The van der Waals surface area contributed by atoms with Gasteiger partial charge in [-0.25, -0.2) is 9.78 Å². The third-order valence-corrected chi connectivity index (χ3v) is 8.46. The first-order valence-electron chi connectivity index (χ1n) is 15.7. The van der Waals surface area contributed by atoms with Crippen LogP contribution in [0.3, 0.4) is 0 Å². The summed E-state index contributed by atoms with van der Waals surface area (Å²) in [5.41, 5.74) is 4.65. The summed E-state index contributed by atoms with van der Waals surface area (Å²) in [5, 5.41) is 12.4. The molecule has 0 saturated carbocycles. The minimum Gasteiger partial charge on any atom is -0.497 e. The number of carboxylic acid groups (broad SMARTS) is 1. The molecule has 0 unspecified atom stereocenters. The third-order valence-electron chi connectivity index (χ3n) is 7.93. The highest BCUT2D eigenvalue weighted by atomic mass is 79.9. The number of amides is 1. The highest BCUT2D eigenvalue weighted by Gasteiger charge is 2.22. The van der Waals surface area contributed by atoms with Crippen molar-refractivity contribution in [2.45, 2.75) is 25.6 Å². The highest BCUT2D eigenvalue weighted by Crippen LogP contribution is 2.31. The summed E-state index contributed by atoms with van der Waals surface area (Å²) in [5.74, 6) is 1.05.